The molecular formula is C18H21Br. The zero-order chi connectivity index (χ0) is 13.4. The summed E-state index contributed by atoms with van der Waals surface area (Å²) in [6.45, 7) is 4.62. The fraction of sp³-hybridized carbons (Fsp3) is 0.444. The quantitative estimate of drug-likeness (QED) is 0.624. The second-order valence-corrected chi connectivity index (χ2v) is 6.98. The van der Waals surface area contributed by atoms with Gasteiger partial charge in [0.05, 0.1) is 0 Å². The smallest absolute Gasteiger partial charge is 0.0404 e. The minimum absolute atomic E-state index is 0.479. The van der Waals surface area contributed by atoms with E-state index in [4.69, 9.17) is 0 Å². The normalized spacial score (nSPS) is 16.8. The molecule has 0 aliphatic heterocycles. The molecule has 0 N–H and O–H groups in total. The molecule has 0 amide bonds. The first-order valence-electron chi connectivity index (χ1n) is 7.38. The summed E-state index contributed by atoms with van der Waals surface area (Å²) in [5, 5.41) is 3.01. The SMILES string of the molecule is CCC(C)CC(Br)c1ccc2c3c(cccc13)CC2. The third-order valence-corrected chi connectivity index (χ3v) is 5.42. The molecule has 2 unspecified atom stereocenters. The van der Waals surface area contributed by atoms with E-state index >= 15 is 0 Å². The van der Waals surface area contributed by atoms with Crippen LogP contribution in [0.1, 0.15) is 48.2 Å². The largest absolute Gasteiger partial charge is 0.0838 e. The van der Waals surface area contributed by atoms with E-state index in [2.05, 4.69) is 60.1 Å². The van der Waals surface area contributed by atoms with Crippen molar-refractivity contribution in [1.82, 2.24) is 0 Å². The molecule has 19 heavy (non-hydrogen) atoms. The summed E-state index contributed by atoms with van der Waals surface area (Å²) in [4.78, 5) is 0.479. The number of hydrogen-bond acceptors (Lipinski definition) is 0. The Hall–Kier alpha value is -0.820. The highest BCUT2D eigenvalue weighted by molar-refractivity contribution is 9.09. The van der Waals surface area contributed by atoms with E-state index in [-0.39, 0.29) is 0 Å². The highest BCUT2D eigenvalue weighted by atomic mass is 79.9. The van der Waals surface area contributed by atoms with E-state index in [0.29, 0.717) is 4.83 Å². The summed E-state index contributed by atoms with van der Waals surface area (Å²) < 4.78 is 0. The van der Waals surface area contributed by atoms with Gasteiger partial charge in [0, 0.05) is 4.83 Å². The van der Waals surface area contributed by atoms with Gasteiger partial charge in [0.1, 0.15) is 0 Å². The van der Waals surface area contributed by atoms with Crippen molar-refractivity contribution in [3.8, 4) is 0 Å². The molecule has 0 nitrogen and oxygen atoms in total. The monoisotopic (exact) mass is 316 g/mol. The summed E-state index contributed by atoms with van der Waals surface area (Å²) in [6, 6.07) is 11.5. The van der Waals surface area contributed by atoms with Crippen molar-refractivity contribution in [3.63, 3.8) is 0 Å². The van der Waals surface area contributed by atoms with E-state index in [0.717, 1.165) is 5.92 Å². The van der Waals surface area contributed by atoms with E-state index < -0.39 is 0 Å². The molecule has 0 saturated carbocycles. The van der Waals surface area contributed by atoms with Crippen molar-refractivity contribution >= 4 is 26.7 Å². The van der Waals surface area contributed by atoms with Crippen LogP contribution in [0.5, 0.6) is 0 Å². The Labute approximate surface area is 124 Å². The molecule has 1 aliphatic rings. The molecule has 2 atom stereocenters. The Balaban J connectivity index is 2.06. The van der Waals surface area contributed by atoms with Crippen LogP contribution in [0.3, 0.4) is 0 Å². The van der Waals surface area contributed by atoms with Crippen LogP contribution in [0.2, 0.25) is 0 Å². The molecule has 0 bridgehead atoms. The molecular weight excluding hydrogens is 296 g/mol. The number of hydrogen-bond donors (Lipinski definition) is 0. The van der Waals surface area contributed by atoms with Crippen molar-refractivity contribution in [1.29, 1.82) is 0 Å². The maximum Gasteiger partial charge on any atom is 0.0404 e. The lowest BCUT2D eigenvalue weighted by Gasteiger charge is -2.17. The summed E-state index contributed by atoms with van der Waals surface area (Å²) in [6.07, 6.45) is 4.90. The highest BCUT2D eigenvalue weighted by Gasteiger charge is 2.19. The van der Waals surface area contributed by atoms with Crippen molar-refractivity contribution < 1.29 is 0 Å². The first-order chi connectivity index (χ1) is 9.20. The summed E-state index contributed by atoms with van der Waals surface area (Å²) in [5.74, 6) is 0.771. The number of halogens is 1. The lowest BCUT2D eigenvalue weighted by Crippen LogP contribution is -2.00. The molecule has 0 radical (unpaired) electrons. The lowest BCUT2D eigenvalue weighted by molar-refractivity contribution is 0.515. The van der Waals surface area contributed by atoms with Crippen molar-refractivity contribution in [3.05, 3.63) is 47.0 Å². The lowest BCUT2D eigenvalue weighted by atomic mass is 9.93. The Kier molecular flexibility index (Phi) is 3.66. The molecule has 2 aromatic rings. The molecule has 0 spiro atoms. The Morgan fingerprint density at radius 3 is 2.58 bits per heavy atom. The van der Waals surface area contributed by atoms with E-state index in [9.17, 15) is 0 Å². The Morgan fingerprint density at radius 2 is 1.84 bits per heavy atom. The molecule has 0 heterocycles. The van der Waals surface area contributed by atoms with Gasteiger partial charge in [-0.25, -0.2) is 0 Å². The standard InChI is InChI=1S/C18H21Br/c1-3-12(2)11-17(19)15-10-9-14-8-7-13-5-4-6-16(15)18(13)14/h4-6,9-10,12,17H,3,7-8,11H2,1-2H3. The maximum atomic E-state index is 3.92. The van der Waals surface area contributed by atoms with Crippen molar-refractivity contribution in [2.45, 2.75) is 44.4 Å². The minimum Gasteiger partial charge on any atom is -0.0838 e. The summed E-state index contributed by atoms with van der Waals surface area (Å²) >= 11 is 3.92. The Morgan fingerprint density at radius 1 is 1.11 bits per heavy atom. The Bertz CT molecular complexity index is 590. The number of benzene rings is 2. The van der Waals surface area contributed by atoms with Crippen LogP contribution < -0.4 is 0 Å². The first-order valence-corrected chi connectivity index (χ1v) is 8.29. The average Bonchev–Trinajstić information content (AvgIpc) is 2.84. The number of rotatable bonds is 4. The second-order valence-electron chi connectivity index (χ2n) is 5.87. The first kappa shape index (κ1) is 13.2. The fourth-order valence-corrected chi connectivity index (χ4v) is 4.23. The van der Waals surface area contributed by atoms with Gasteiger partial charge in [-0.05, 0) is 52.6 Å². The van der Waals surface area contributed by atoms with E-state index in [1.807, 2.05) is 0 Å². The molecule has 2 aromatic carbocycles. The van der Waals surface area contributed by atoms with Crippen LogP contribution in [0.4, 0.5) is 0 Å². The highest BCUT2D eigenvalue weighted by Crippen LogP contribution is 2.39. The number of aryl methyl sites for hydroxylation is 2. The molecule has 3 rings (SSSR count). The molecule has 0 aromatic heterocycles. The summed E-state index contributed by atoms with van der Waals surface area (Å²) in [5.41, 5.74) is 4.55. The molecule has 1 heteroatoms. The molecule has 0 saturated heterocycles. The minimum atomic E-state index is 0.479. The molecule has 0 fully saturated rings. The van der Waals surface area contributed by atoms with Gasteiger partial charge < -0.3 is 0 Å². The topological polar surface area (TPSA) is 0 Å². The van der Waals surface area contributed by atoms with Gasteiger partial charge >= 0.3 is 0 Å². The van der Waals surface area contributed by atoms with E-state index in [1.54, 1.807) is 0 Å². The van der Waals surface area contributed by atoms with Gasteiger partial charge in [-0.1, -0.05) is 66.5 Å². The van der Waals surface area contributed by atoms with Crippen LogP contribution in [0.15, 0.2) is 30.3 Å². The average molecular weight is 317 g/mol. The zero-order valence-electron chi connectivity index (χ0n) is 11.7. The van der Waals surface area contributed by atoms with Crippen LogP contribution in [0, 0.1) is 5.92 Å². The third-order valence-electron chi connectivity index (χ3n) is 4.55. The third kappa shape index (κ3) is 2.33. The van der Waals surface area contributed by atoms with Gasteiger partial charge in [-0.3, -0.25) is 0 Å². The number of alkyl halides is 1. The van der Waals surface area contributed by atoms with Crippen molar-refractivity contribution in [2.24, 2.45) is 5.92 Å². The predicted octanol–water partition coefficient (Wildman–Crippen LogP) is 5.81. The van der Waals surface area contributed by atoms with Crippen molar-refractivity contribution in [2.75, 3.05) is 0 Å². The maximum absolute atomic E-state index is 3.92. The van der Waals surface area contributed by atoms with Crippen LogP contribution in [-0.2, 0) is 12.8 Å². The zero-order valence-corrected chi connectivity index (χ0v) is 13.3. The molecule has 1 aliphatic carbocycles. The van der Waals surface area contributed by atoms with Gasteiger partial charge in [0.15, 0.2) is 0 Å². The van der Waals surface area contributed by atoms with Crippen LogP contribution in [0.25, 0.3) is 10.8 Å². The van der Waals surface area contributed by atoms with Gasteiger partial charge in [0.2, 0.25) is 0 Å². The van der Waals surface area contributed by atoms with Gasteiger partial charge in [-0.2, -0.15) is 0 Å². The summed E-state index contributed by atoms with van der Waals surface area (Å²) in [7, 11) is 0. The second kappa shape index (κ2) is 5.28. The van der Waals surface area contributed by atoms with Gasteiger partial charge in [-0.15, -0.1) is 0 Å². The van der Waals surface area contributed by atoms with Gasteiger partial charge in [0.25, 0.3) is 0 Å². The molecule has 100 valence electrons. The van der Waals surface area contributed by atoms with Crippen LogP contribution in [-0.4, -0.2) is 0 Å². The fourth-order valence-electron chi connectivity index (χ4n) is 3.19. The van der Waals surface area contributed by atoms with Crippen LogP contribution >= 0.6 is 15.9 Å². The predicted molar refractivity (Wildman–Crippen MR) is 87.1 cm³/mol. The van der Waals surface area contributed by atoms with E-state index in [1.165, 1.54) is 53.1 Å².